The molecule has 0 saturated carbocycles. The van der Waals surface area contributed by atoms with Crippen LogP contribution in [0.25, 0.3) is 0 Å². The number of nitrogens with one attached hydrogen (secondary N) is 1. The van der Waals surface area contributed by atoms with E-state index in [4.69, 9.17) is 5.11 Å². The van der Waals surface area contributed by atoms with Crippen molar-refractivity contribution in [3.05, 3.63) is 12.7 Å². The van der Waals surface area contributed by atoms with Crippen LogP contribution < -0.4 is 5.32 Å². The fourth-order valence-corrected chi connectivity index (χ4v) is 0.897. The monoisotopic (exact) mass is 157 g/mol. The molecule has 0 aromatic carbocycles. The molecule has 0 spiro atoms. The Bertz CT molecular complexity index is 93.6. The second-order valence-corrected chi connectivity index (χ2v) is 2.80. The lowest BCUT2D eigenvalue weighted by atomic mass is 10.2. The van der Waals surface area contributed by atoms with Crippen molar-refractivity contribution in [3.63, 3.8) is 0 Å². The van der Waals surface area contributed by atoms with E-state index in [1.807, 2.05) is 6.08 Å². The van der Waals surface area contributed by atoms with Crippen LogP contribution >= 0.6 is 0 Å². The van der Waals surface area contributed by atoms with E-state index in [9.17, 15) is 0 Å². The molecule has 2 heteroatoms. The van der Waals surface area contributed by atoms with Gasteiger partial charge in [0, 0.05) is 12.6 Å². The molecule has 1 unspecified atom stereocenters. The third kappa shape index (κ3) is 7.56. The average Bonchev–Trinajstić information content (AvgIpc) is 2.01. The fraction of sp³-hybridized carbons (Fsp3) is 0.778. The fourth-order valence-electron chi connectivity index (χ4n) is 0.897. The van der Waals surface area contributed by atoms with Crippen LogP contribution in [0.2, 0.25) is 0 Å². The highest BCUT2D eigenvalue weighted by atomic mass is 16.3. The molecule has 0 aliphatic rings. The number of allylic oxidation sites excluding steroid dienone is 1. The number of hydrogen-bond donors (Lipinski definition) is 2. The largest absolute Gasteiger partial charge is 0.396 e. The van der Waals surface area contributed by atoms with Crippen molar-refractivity contribution >= 4 is 0 Å². The van der Waals surface area contributed by atoms with Gasteiger partial charge in [-0.05, 0) is 32.7 Å². The van der Waals surface area contributed by atoms with Crippen LogP contribution in [0, 0.1) is 0 Å². The molecule has 0 heterocycles. The van der Waals surface area contributed by atoms with Crippen molar-refractivity contribution in [2.75, 3.05) is 13.2 Å². The van der Waals surface area contributed by atoms with Gasteiger partial charge in [0.2, 0.25) is 0 Å². The molecule has 0 amide bonds. The van der Waals surface area contributed by atoms with Crippen molar-refractivity contribution in [1.82, 2.24) is 5.32 Å². The molecule has 0 fully saturated rings. The van der Waals surface area contributed by atoms with E-state index in [0.29, 0.717) is 6.04 Å². The van der Waals surface area contributed by atoms with E-state index in [1.54, 1.807) is 0 Å². The second-order valence-electron chi connectivity index (χ2n) is 2.80. The summed E-state index contributed by atoms with van der Waals surface area (Å²) in [5.74, 6) is 0. The number of aliphatic hydroxyl groups is 1. The first-order valence-corrected chi connectivity index (χ1v) is 4.26. The highest BCUT2D eigenvalue weighted by Gasteiger charge is 1.97. The first kappa shape index (κ1) is 10.7. The molecule has 0 aliphatic carbocycles. The molecular formula is C9H19NO. The van der Waals surface area contributed by atoms with Gasteiger partial charge >= 0.3 is 0 Å². The van der Waals surface area contributed by atoms with Crippen LogP contribution in [0.3, 0.4) is 0 Å². The maximum atomic E-state index is 8.50. The maximum absolute atomic E-state index is 8.50. The zero-order valence-corrected chi connectivity index (χ0v) is 7.34. The predicted octanol–water partition coefficient (Wildman–Crippen LogP) is 1.31. The van der Waals surface area contributed by atoms with Crippen LogP contribution in [-0.4, -0.2) is 24.3 Å². The summed E-state index contributed by atoms with van der Waals surface area (Å²) in [6, 6.07) is 0.541. The SMILES string of the molecule is C=CCCC(C)NCCCO. The maximum Gasteiger partial charge on any atom is 0.0443 e. The van der Waals surface area contributed by atoms with Crippen molar-refractivity contribution < 1.29 is 5.11 Å². The van der Waals surface area contributed by atoms with Crippen molar-refractivity contribution in [1.29, 1.82) is 0 Å². The summed E-state index contributed by atoms with van der Waals surface area (Å²) in [5, 5.41) is 11.8. The van der Waals surface area contributed by atoms with E-state index in [0.717, 1.165) is 25.8 Å². The molecule has 0 radical (unpaired) electrons. The smallest absolute Gasteiger partial charge is 0.0443 e. The lowest BCUT2D eigenvalue weighted by Crippen LogP contribution is -2.27. The number of rotatable bonds is 7. The molecule has 0 rings (SSSR count). The predicted molar refractivity (Wildman–Crippen MR) is 48.6 cm³/mol. The minimum atomic E-state index is 0.279. The minimum absolute atomic E-state index is 0.279. The summed E-state index contributed by atoms with van der Waals surface area (Å²) < 4.78 is 0. The molecule has 2 N–H and O–H groups in total. The molecule has 11 heavy (non-hydrogen) atoms. The lowest BCUT2D eigenvalue weighted by molar-refractivity contribution is 0.283. The molecule has 0 aromatic heterocycles. The first-order chi connectivity index (χ1) is 5.31. The third-order valence-corrected chi connectivity index (χ3v) is 1.63. The summed E-state index contributed by atoms with van der Waals surface area (Å²) in [6.07, 6.45) is 4.98. The molecule has 0 aromatic rings. The Balaban J connectivity index is 3.08. The number of aliphatic hydroxyl groups excluding tert-OH is 1. The van der Waals surface area contributed by atoms with Crippen LogP contribution in [0.4, 0.5) is 0 Å². The summed E-state index contributed by atoms with van der Waals surface area (Å²) in [5.41, 5.74) is 0. The second kappa shape index (κ2) is 7.76. The summed E-state index contributed by atoms with van der Waals surface area (Å²) >= 11 is 0. The molecule has 2 nitrogen and oxygen atoms in total. The van der Waals surface area contributed by atoms with Gasteiger partial charge < -0.3 is 10.4 Å². The van der Waals surface area contributed by atoms with Crippen LogP contribution in [0.5, 0.6) is 0 Å². The average molecular weight is 157 g/mol. The molecular weight excluding hydrogens is 138 g/mol. The van der Waals surface area contributed by atoms with E-state index in [-0.39, 0.29) is 6.61 Å². The minimum Gasteiger partial charge on any atom is -0.396 e. The first-order valence-electron chi connectivity index (χ1n) is 4.26. The quantitative estimate of drug-likeness (QED) is 0.431. The third-order valence-electron chi connectivity index (χ3n) is 1.63. The van der Waals surface area contributed by atoms with Gasteiger partial charge in [0.25, 0.3) is 0 Å². The molecule has 0 bridgehead atoms. The Morgan fingerprint density at radius 1 is 1.64 bits per heavy atom. The summed E-state index contributed by atoms with van der Waals surface area (Å²) in [4.78, 5) is 0. The summed E-state index contributed by atoms with van der Waals surface area (Å²) in [6.45, 7) is 7.01. The van der Waals surface area contributed by atoms with Gasteiger partial charge in [0.05, 0.1) is 0 Å². The van der Waals surface area contributed by atoms with Crippen molar-refractivity contribution in [2.24, 2.45) is 0 Å². The highest BCUT2D eigenvalue weighted by molar-refractivity contribution is 4.70. The Labute approximate surface area is 69.3 Å². The van der Waals surface area contributed by atoms with Gasteiger partial charge in [0.15, 0.2) is 0 Å². The van der Waals surface area contributed by atoms with Crippen molar-refractivity contribution in [3.8, 4) is 0 Å². The Morgan fingerprint density at radius 3 is 2.91 bits per heavy atom. The summed E-state index contributed by atoms with van der Waals surface area (Å²) in [7, 11) is 0. The van der Waals surface area contributed by atoms with E-state index in [1.165, 1.54) is 0 Å². The van der Waals surface area contributed by atoms with E-state index in [2.05, 4.69) is 18.8 Å². The van der Waals surface area contributed by atoms with Gasteiger partial charge in [-0.2, -0.15) is 0 Å². The van der Waals surface area contributed by atoms with Gasteiger partial charge in [-0.15, -0.1) is 6.58 Å². The zero-order chi connectivity index (χ0) is 8.53. The molecule has 1 atom stereocenters. The van der Waals surface area contributed by atoms with Gasteiger partial charge in [-0.1, -0.05) is 6.08 Å². The Kier molecular flexibility index (Phi) is 7.52. The molecule has 0 saturated heterocycles. The van der Waals surface area contributed by atoms with Crippen LogP contribution in [0.1, 0.15) is 26.2 Å². The van der Waals surface area contributed by atoms with Crippen LogP contribution in [0.15, 0.2) is 12.7 Å². The molecule has 0 aliphatic heterocycles. The van der Waals surface area contributed by atoms with Gasteiger partial charge in [0.1, 0.15) is 0 Å². The van der Waals surface area contributed by atoms with Gasteiger partial charge in [-0.3, -0.25) is 0 Å². The highest BCUT2D eigenvalue weighted by Crippen LogP contribution is 1.95. The molecule has 66 valence electrons. The topological polar surface area (TPSA) is 32.3 Å². The Morgan fingerprint density at radius 2 is 2.36 bits per heavy atom. The lowest BCUT2D eigenvalue weighted by Gasteiger charge is -2.11. The zero-order valence-electron chi connectivity index (χ0n) is 7.34. The number of hydrogen-bond acceptors (Lipinski definition) is 2. The van der Waals surface area contributed by atoms with Gasteiger partial charge in [-0.25, -0.2) is 0 Å². The van der Waals surface area contributed by atoms with Crippen molar-refractivity contribution in [2.45, 2.75) is 32.2 Å². The van der Waals surface area contributed by atoms with E-state index >= 15 is 0 Å². The van der Waals surface area contributed by atoms with Crippen LogP contribution in [-0.2, 0) is 0 Å². The normalized spacial score (nSPS) is 12.9. The van der Waals surface area contributed by atoms with E-state index < -0.39 is 0 Å². The Hall–Kier alpha value is -0.340. The standard InChI is InChI=1S/C9H19NO/c1-3-4-6-9(2)10-7-5-8-11/h3,9-11H,1,4-8H2,2H3.